The quantitative estimate of drug-likeness (QED) is 0.370. The monoisotopic (exact) mass is 499 g/mol. The number of aryl methyl sites for hydroxylation is 1. The van der Waals surface area contributed by atoms with Crippen LogP contribution in [-0.2, 0) is 18.3 Å². The van der Waals surface area contributed by atoms with Gasteiger partial charge in [-0.1, -0.05) is 27.7 Å². The van der Waals surface area contributed by atoms with E-state index >= 15 is 0 Å². The number of hydrogen-bond acceptors (Lipinski definition) is 4. The molecular weight excluding hydrogens is 481 g/mol. The van der Waals surface area contributed by atoms with Crippen molar-refractivity contribution in [3.63, 3.8) is 0 Å². The zero-order chi connectivity index (χ0) is 21.8. The van der Waals surface area contributed by atoms with Crippen LogP contribution in [0.3, 0.4) is 0 Å². The molecule has 0 aliphatic rings. The Kier molecular flexibility index (Phi) is 6.53. The molecule has 9 heteroatoms. The van der Waals surface area contributed by atoms with E-state index in [9.17, 15) is 9.18 Å². The lowest BCUT2D eigenvalue weighted by Gasteiger charge is -2.11. The lowest BCUT2D eigenvalue weighted by atomic mass is 10.2. The summed E-state index contributed by atoms with van der Waals surface area (Å²) in [5, 5.41) is 12.1. The molecular formula is C22H19BrFN5OS. The van der Waals surface area contributed by atoms with E-state index < -0.39 is 0 Å². The number of benzene rings is 2. The number of nitrogens with zero attached hydrogens (tertiary/aromatic N) is 4. The van der Waals surface area contributed by atoms with Gasteiger partial charge in [0.25, 0.3) is 0 Å². The number of carbonyl (C=O) groups excluding carboxylic acids is 1. The van der Waals surface area contributed by atoms with Crippen molar-refractivity contribution < 1.29 is 9.18 Å². The summed E-state index contributed by atoms with van der Waals surface area (Å²) < 4.78 is 18.3. The van der Waals surface area contributed by atoms with Crippen LogP contribution >= 0.6 is 27.7 Å². The number of nitrogens with one attached hydrogen (secondary N) is 1. The van der Waals surface area contributed by atoms with Crippen LogP contribution in [0.1, 0.15) is 11.5 Å². The van der Waals surface area contributed by atoms with Crippen molar-refractivity contribution >= 4 is 39.3 Å². The van der Waals surface area contributed by atoms with Crippen molar-refractivity contribution in [2.75, 3.05) is 11.1 Å². The standard InChI is InChI=1S/C22H19BrFN5OS/c1-28-12-2-3-19(28)13-20-26-27-22(29(20)18-10-6-16(24)7-11-18)31-14-21(30)25-17-8-4-15(23)5-9-17/h2-12H,13-14H2,1H3,(H,25,30). The molecule has 2 heterocycles. The van der Waals surface area contributed by atoms with Gasteiger partial charge in [-0.25, -0.2) is 4.39 Å². The fraction of sp³-hybridized carbons (Fsp3) is 0.136. The Labute approximate surface area is 191 Å². The van der Waals surface area contributed by atoms with E-state index in [0.717, 1.165) is 21.5 Å². The molecule has 4 rings (SSSR count). The third-order valence-electron chi connectivity index (χ3n) is 4.64. The predicted octanol–water partition coefficient (Wildman–Crippen LogP) is 4.83. The summed E-state index contributed by atoms with van der Waals surface area (Å²) in [6.07, 6.45) is 2.52. The second-order valence-electron chi connectivity index (χ2n) is 6.84. The maximum Gasteiger partial charge on any atom is 0.234 e. The molecule has 0 aliphatic carbocycles. The van der Waals surface area contributed by atoms with Crippen LogP contribution < -0.4 is 5.32 Å². The number of halogens is 2. The summed E-state index contributed by atoms with van der Waals surface area (Å²) >= 11 is 4.66. The molecule has 2 aromatic carbocycles. The second-order valence-corrected chi connectivity index (χ2v) is 8.70. The maximum atomic E-state index is 13.5. The summed E-state index contributed by atoms with van der Waals surface area (Å²) in [6.45, 7) is 0. The SMILES string of the molecule is Cn1cccc1Cc1nnc(SCC(=O)Nc2ccc(Br)cc2)n1-c1ccc(F)cc1. The Morgan fingerprint density at radius 2 is 1.84 bits per heavy atom. The van der Waals surface area contributed by atoms with Gasteiger partial charge in [-0.3, -0.25) is 9.36 Å². The second kappa shape index (κ2) is 9.49. The van der Waals surface area contributed by atoms with Crippen LogP contribution in [0.4, 0.5) is 10.1 Å². The Hall–Kier alpha value is -2.91. The molecule has 1 N–H and O–H groups in total. The van der Waals surface area contributed by atoms with Crippen molar-refractivity contribution in [3.05, 3.63) is 88.7 Å². The van der Waals surface area contributed by atoms with Gasteiger partial charge < -0.3 is 9.88 Å². The molecule has 0 radical (unpaired) electrons. The molecule has 0 unspecified atom stereocenters. The average molecular weight is 500 g/mol. The first-order valence-electron chi connectivity index (χ1n) is 9.48. The van der Waals surface area contributed by atoms with Gasteiger partial charge in [0.2, 0.25) is 5.91 Å². The Morgan fingerprint density at radius 3 is 2.52 bits per heavy atom. The van der Waals surface area contributed by atoms with Gasteiger partial charge in [0.15, 0.2) is 5.16 Å². The molecule has 158 valence electrons. The van der Waals surface area contributed by atoms with E-state index in [-0.39, 0.29) is 17.5 Å². The first kappa shape index (κ1) is 21.3. The van der Waals surface area contributed by atoms with Gasteiger partial charge in [-0.05, 0) is 60.7 Å². The number of rotatable bonds is 7. The van der Waals surface area contributed by atoms with Crippen molar-refractivity contribution in [1.82, 2.24) is 19.3 Å². The van der Waals surface area contributed by atoms with E-state index in [1.165, 1.54) is 23.9 Å². The van der Waals surface area contributed by atoms with Crippen molar-refractivity contribution in [3.8, 4) is 5.69 Å². The number of aromatic nitrogens is 4. The zero-order valence-corrected chi connectivity index (χ0v) is 19.0. The van der Waals surface area contributed by atoms with E-state index in [1.54, 1.807) is 12.1 Å². The number of carbonyl (C=O) groups is 1. The van der Waals surface area contributed by atoms with Crippen molar-refractivity contribution in [2.45, 2.75) is 11.6 Å². The summed E-state index contributed by atoms with van der Waals surface area (Å²) in [6, 6.07) is 17.5. The topological polar surface area (TPSA) is 64.7 Å². The molecule has 0 bridgehead atoms. The van der Waals surface area contributed by atoms with Crippen LogP contribution in [0, 0.1) is 5.82 Å². The third-order valence-corrected chi connectivity index (χ3v) is 6.09. The molecule has 0 spiro atoms. The summed E-state index contributed by atoms with van der Waals surface area (Å²) in [7, 11) is 1.97. The molecule has 0 fully saturated rings. The highest BCUT2D eigenvalue weighted by Gasteiger charge is 2.17. The number of hydrogen-bond donors (Lipinski definition) is 1. The van der Waals surface area contributed by atoms with E-state index in [0.29, 0.717) is 17.4 Å². The Bertz CT molecular complexity index is 1190. The Balaban J connectivity index is 1.55. The highest BCUT2D eigenvalue weighted by Crippen LogP contribution is 2.24. The molecule has 2 aromatic heterocycles. The fourth-order valence-electron chi connectivity index (χ4n) is 3.06. The van der Waals surface area contributed by atoms with Gasteiger partial charge in [0.1, 0.15) is 11.6 Å². The average Bonchev–Trinajstić information content (AvgIpc) is 3.35. The smallest absolute Gasteiger partial charge is 0.234 e. The number of thioether (sulfide) groups is 1. The van der Waals surface area contributed by atoms with Crippen LogP contribution in [0.5, 0.6) is 0 Å². The van der Waals surface area contributed by atoms with E-state index in [1.807, 2.05) is 58.8 Å². The van der Waals surface area contributed by atoms with Gasteiger partial charge in [-0.2, -0.15) is 0 Å². The van der Waals surface area contributed by atoms with E-state index in [4.69, 9.17) is 0 Å². The van der Waals surface area contributed by atoms with Crippen molar-refractivity contribution in [2.24, 2.45) is 7.05 Å². The highest BCUT2D eigenvalue weighted by molar-refractivity contribution is 9.10. The first-order chi connectivity index (χ1) is 15.0. The zero-order valence-electron chi connectivity index (χ0n) is 16.6. The third kappa shape index (κ3) is 5.23. The minimum Gasteiger partial charge on any atom is -0.354 e. The normalized spacial score (nSPS) is 10.9. The molecule has 0 atom stereocenters. The lowest BCUT2D eigenvalue weighted by Crippen LogP contribution is -2.14. The predicted molar refractivity (Wildman–Crippen MR) is 123 cm³/mol. The summed E-state index contributed by atoms with van der Waals surface area (Å²) in [5.74, 6) is 0.414. The van der Waals surface area contributed by atoms with Crippen LogP contribution in [0.25, 0.3) is 5.69 Å². The minimum absolute atomic E-state index is 0.148. The van der Waals surface area contributed by atoms with Crippen molar-refractivity contribution in [1.29, 1.82) is 0 Å². The van der Waals surface area contributed by atoms with Crippen LogP contribution in [-0.4, -0.2) is 31.0 Å². The molecule has 1 amide bonds. The summed E-state index contributed by atoms with van der Waals surface area (Å²) in [4.78, 5) is 12.4. The Morgan fingerprint density at radius 1 is 1.10 bits per heavy atom. The molecule has 31 heavy (non-hydrogen) atoms. The highest BCUT2D eigenvalue weighted by atomic mass is 79.9. The first-order valence-corrected chi connectivity index (χ1v) is 11.3. The molecule has 0 saturated carbocycles. The van der Waals surface area contributed by atoms with Gasteiger partial charge in [-0.15, -0.1) is 10.2 Å². The van der Waals surface area contributed by atoms with E-state index in [2.05, 4.69) is 31.4 Å². The molecule has 0 saturated heterocycles. The molecule has 4 aromatic rings. The molecule has 6 nitrogen and oxygen atoms in total. The molecule has 0 aliphatic heterocycles. The van der Waals surface area contributed by atoms with Crippen LogP contribution in [0.2, 0.25) is 0 Å². The van der Waals surface area contributed by atoms with Crippen LogP contribution in [0.15, 0.2) is 76.5 Å². The number of anilines is 1. The largest absolute Gasteiger partial charge is 0.354 e. The lowest BCUT2D eigenvalue weighted by molar-refractivity contribution is -0.113. The maximum absolute atomic E-state index is 13.5. The fourth-order valence-corrected chi connectivity index (χ4v) is 4.10. The summed E-state index contributed by atoms with van der Waals surface area (Å²) in [5.41, 5.74) is 2.53. The van der Waals surface area contributed by atoms with Gasteiger partial charge in [0.05, 0.1) is 5.75 Å². The van der Waals surface area contributed by atoms with Gasteiger partial charge >= 0.3 is 0 Å². The van der Waals surface area contributed by atoms with Gasteiger partial charge in [0, 0.05) is 41.2 Å². The minimum atomic E-state index is -0.316. The number of amides is 1.